The maximum absolute atomic E-state index is 12.5. The number of nitrogens with one attached hydrogen (secondary N) is 1. The number of hydrogen-bond donors (Lipinski definition) is 1. The Bertz CT molecular complexity index is 771. The lowest BCUT2D eigenvalue weighted by Gasteiger charge is -2.05. The highest BCUT2D eigenvalue weighted by Crippen LogP contribution is 2.31. The van der Waals surface area contributed by atoms with Gasteiger partial charge in [-0.2, -0.15) is 13.2 Å². The van der Waals surface area contributed by atoms with Crippen LogP contribution in [0.5, 0.6) is 0 Å². The van der Waals surface area contributed by atoms with E-state index < -0.39 is 11.7 Å². The molecule has 1 aromatic carbocycles. The quantitative estimate of drug-likeness (QED) is 0.685. The van der Waals surface area contributed by atoms with Crippen molar-refractivity contribution in [1.82, 2.24) is 15.0 Å². The minimum absolute atomic E-state index is 0.298. The molecule has 0 unspecified atom stereocenters. The number of benzene rings is 1. The smallest absolute Gasteiger partial charge is 0.337 e. The number of fused-ring (bicyclic) bond motifs is 1. The van der Waals surface area contributed by atoms with Crippen LogP contribution >= 0.6 is 23.2 Å². The van der Waals surface area contributed by atoms with Crippen LogP contribution in [0.25, 0.3) is 22.6 Å². The van der Waals surface area contributed by atoms with Gasteiger partial charge in [-0.05, 0) is 24.3 Å². The maximum atomic E-state index is 12.5. The first-order valence-corrected chi connectivity index (χ1v) is 6.48. The predicted molar refractivity (Wildman–Crippen MR) is 74.3 cm³/mol. The Morgan fingerprint density at radius 2 is 1.76 bits per heavy atom. The van der Waals surface area contributed by atoms with Crippen molar-refractivity contribution >= 4 is 34.2 Å². The monoisotopic (exact) mass is 331 g/mol. The molecular formula is C13H6Cl2F3N3. The van der Waals surface area contributed by atoms with Gasteiger partial charge in [0.25, 0.3) is 0 Å². The van der Waals surface area contributed by atoms with E-state index >= 15 is 0 Å². The number of halogens is 5. The second-order valence-electron chi connectivity index (χ2n) is 4.30. The van der Waals surface area contributed by atoms with E-state index in [9.17, 15) is 13.2 Å². The molecule has 8 heteroatoms. The zero-order chi connectivity index (χ0) is 15.2. The van der Waals surface area contributed by atoms with E-state index in [1.54, 1.807) is 12.1 Å². The van der Waals surface area contributed by atoms with Crippen molar-refractivity contribution < 1.29 is 13.2 Å². The molecule has 108 valence electrons. The summed E-state index contributed by atoms with van der Waals surface area (Å²) in [5, 5.41) is 0.711. The van der Waals surface area contributed by atoms with Crippen LogP contribution in [0.4, 0.5) is 13.2 Å². The van der Waals surface area contributed by atoms with Gasteiger partial charge in [0, 0.05) is 6.20 Å². The molecule has 0 saturated carbocycles. The fraction of sp³-hybridized carbons (Fsp3) is 0.0769. The number of H-pyrrole nitrogens is 1. The summed E-state index contributed by atoms with van der Waals surface area (Å²) in [5.41, 5.74) is 0.669. The van der Waals surface area contributed by atoms with Crippen molar-refractivity contribution in [2.75, 3.05) is 0 Å². The largest absolute Gasteiger partial charge is 0.417 e. The molecule has 0 amide bonds. The van der Waals surface area contributed by atoms with Crippen LogP contribution in [0, 0.1) is 0 Å². The van der Waals surface area contributed by atoms with Gasteiger partial charge in [0.15, 0.2) is 5.82 Å². The normalized spacial score (nSPS) is 12.0. The first kappa shape index (κ1) is 14.2. The number of imidazole rings is 1. The molecule has 0 bridgehead atoms. The number of hydrogen-bond acceptors (Lipinski definition) is 2. The summed E-state index contributed by atoms with van der Waals surface area (Å²) in [5.74, 6) is 0.344. The topological polar surface area (TPSA) is 41.6 Å². The van der Waals surface area contributed by atoms with Crippen molar-refractivity contribution in [1.29, 1.82) is 0 Å². The van der Waals surface area contributed by atoms with Crippen molar-refractivity contribution in [2.45, 2.75) is 6.18 Å². The standard InChI is InChI=1S/C13H6Cl2F3N3/c14-7-3-10-11(4-8(7)15)21-12(20-10)9-2-1-6(5-19-9)13(16,17)18/h1-5H,(H,20,21). The van der Waals surface area contributed by atoms with Gasteiger partial charge in [-0.25, -0.2) is 4.98 Å². The Balaban J connectivity index is 2.04. The van der Waals surface area contributed by atoms with Crippen molar-refractivity contribution in [3.05, 3.63) is 46.1 Å². The highest BCUT2D eigenvalue weighted by atomic mass is 35.5. The number of aromatic amines is 1. The maximum Gasteiger partial charge on any atom is 0.417 e. The fourth-order valence-electron chi connectivity index (χ4n) is 1.83. The number of rotatable bonds is 1. The Hall–Kier alpha value is -1.79. The molecule has 2 aromatic heterocycles. The molecule has 3 rings (SSSR count). The van der Waals surface area contributed by atoms with Gasteiger partial charge in [0.2, 0.25) is 0 Å². The molecule has 0 atom stereocenters. The SMILES string of the molecule is FC(F)(F)c1ccc(-c2nc3cc(Cl)c(Cl)cc3[nH]2)nc1. The first-order chi connectivity index (χ1) is 9.84. The number of alkyl halides is 3. The highest BCUT2D eigenvalue weighted by Gasteiger charge is 2.30. The lowest BCUT2D eigenvalue weighted by atomic mass is 10.2. The molecule has 1 N–H and O–H groups in total. The van der Waals surface area contributed by atoms with E-state index in [2.05, 4.69) is 15.0 Å². The average molecular weight is 332 g/mol. The molecule has 0 aliphatic heterocycles. The van der Waals surface area contributed by atoms with Crippen LogP contribution in [0.1, 0.15) is 5.56 Å². The Morgan fingerprint density at radius 3 is 2.38 bits per heavy atom. The van der Waals surface area contributed by atoms with E-state index in [0.29, 0.717) is 32.6 Å². The minimum Gasteiger partial charge on any atom is -0.337 e. The molecule has 0 spiro atoms. The predicted octanol–water partition coefficient (Wildman–Crippen LogP) is 4.95. The molecule has 0 saturated heterocycles. The Labute approximate surface area is 126 Å². The van der Waals surface area contributed by atoms with Gasteiger partial charge in [0.1, 0.15) is 5.69 Å². The van der Waals surface area contributed by atoms with Gasteiger partial charge in [-0.15, -0.1) is 0 Å². The molecule has 21 heavy (non-hydrogen) atoms. The van der Waals surface area contributed by atoms with Crippen molar-refractivity contribution in [3.8, 4) is 11.5 Å². The van der Waals surface area contributed by atoms with Gasteiger partial charge in [-0.3, -0.25) is 4.98 Å². The Morgan fingerprint density at radius 1 is 1.05 bits per heavy atom. The summed E-state index contributed by atoms with van der Waals surface area (Å²) in [7, 11) is 0. The van der Waals surface area contributed by atoms with Crippen LogP contribution in [0.2, 0.25) is 10.0 Å². The van der Waals surface area contributed by atoms with Crippen LogP contribution in [-0.2, 0) is 6.18 Å². The summed E-state index contributed by atoms with van der Waals surface area (Å²) >= 11 is 11.8. The third-order valence-electron chi connectivity index (χ3n) is 2.86. The lowest BCUT2D eigenvalue weighted by Crippen LogP contribution is -2.05. The molecule has 0 radical (unpaired) electrons. The molecule has 0 fully saturated rings. The lowest BCUT2D eigenvalue weighted by molar-refractivity contribution is -0.137. The first-order valence-electron chi connectivity index (χ1n) is 5.73. The number of pyridine rings is 1. The highest BCUT2D eigenvalue weighted by molar-refractivity contribution is 6.42. The molecule has 0 aliphatic carbocycles. The van der Waals surface area contributed by atoms with E-state index in [4.69, 9.17) is 23.2 Å². The van der Waals surface area contributed by atoms with Gasteiger partial charge < -0.3 is 4.98 Å². The molecular weight excluding hydrogens is 326 g/mol. The summed E-state index contributed by atoms with van der Waals surface area (Å²) in [6.07, 6.45) is -3.65. The van der Waals surface area contributed by atoms with E-state index in [1.165, 1.54) is 6.07 Å². The zero-order valence-electron chi connectivity index (χ0n) is 10.2. The summed E-state index contributed by atoms with van der Waals surface area (Å²) in [6, 6.07) is 5.38. The summed E-state index contributed by atoms with van der Waals surface area (Å²) < 4.78 is 37.5. The molecule has 2 heterocycles. The zero-order valence-corrected chi connectivity index (χ0v) is 11.7. The average Bonchev–Trinajstić information content (AvgIpc) is 2.81. The minimum atomic E-state index is -4.42. The van der Waals surface area contributed by atoms with Gasteiger partial charge in [0.05, 0.1) is 26.6 Å². The number of aromatic nitrogens is 3. The van der Waals surface area contributed by atoms with Crippen molar-refractivity contribution in [2.24, 2.45) is 0 Å². The summed E-state index contributed by atoms with van der Waals surface area (Å²) in [4.78, 5) is 11.0. The van der Waals surface area contributed by atoms with Crippen LogP contribution < -0.4 is 0 Å². The third-order valence-corrected chi connectivity index (χ3v) is 3.58. The fourth-order valence-corrected chi connectivity index (χ4v) is 2.15. The van der Waals surface area contributed by atoms with Crippen LogP contribution in [0.3, 0.4) is 0 Å². The van der Waals surface area contributed by atoms with E-state index in [0.717, 1.165) is 12.3 Å². The van der Waals surface area contributed by atoms with Gasteiger partial charge in [-0.1, -0.05) is 23.2 Å². The van der Waals surface area contributed by atoms with Gasteiger partial charge >= 0.3 is 6.18 Å². The van der Waals surface area contributed by atoms with Crippen molar-refractivity contribution in [3.63, 3.8) is 0 Å². The Kier molecular flexibility index (Phi) is 3.30. The van der Waals surface area contributed by atoms with Crippen LogP contribution in [-0.4, -0.2) is 15.0 Å². The van der Waals surface area contributed by atoms with E-state index in [1.807, 2.05) is 0 Å². The molecule has 3 nitrogen and oxygen atoms in total. The van der Waals surface area contributed by atoms with E-state index in [-0.39, 0.29) is 0 Å². The molecule has 0 aliphatic rings. The summed E-state index contributed by atoms with van der Waals surface area (Å²) in [6.45, 7) is 0. The third kappa shape index (κ3) is 2.69. The van der Waals surface area contributed by atoms with Crippen LogP contribution in [0.15, 0.2) is 30.5 Å². The second kappa shape index (κ2) is 4.89. The second-order valence-corrected chi connectivity index (χ2v) is 5.11. The molecule has 3 aromatic rings. The number of nitrogens with zero attached hydrogens (tertiary/aromatic N) is 2.